The fourth-order valence-electron chi connectivity index (χ4n) is 1.51. The minimum absolute atomic E-state index is 0.264. The lowest BCUT2D eigenvalue weighted by molar-refractivity contribution is -0.140. The summed E-state index contributed by atoms with van der Waals surface area (Å²) in [6, 6.07) is 9.13. The highest BCUT2D eigenvalue weighted by molar-refractivity contribution is 6.30. The van der Waals surface area contributed by atoms with E-state index < -0.39 is 0 Å². The molecule has 4 nitrogen and oxygen atoms in total. The summed E-state index contributed by atoms with van der Waals surface area (Å²) >= 11 is 5.81. The largest absolute Gasteiger partial charge is 0.469 e. The standard InChI is InChI=1S/C13H12ClNO3/c1-17-13(16)7-6-11-8-12(15-18-11)9-2-4-10(14)5-3-9/h2-5,8H,6-7H2,1H3. The van der Waals surface area contributed by atoms with Crippen LogP contribution in [0.25, 0.3) is 11.3 Å². The highest BCUT2D eigenvalue weighted by atomic mass is 35.5. The minimum atomic E-state index is -0.264. The van der Waals surface area contributed by atoms with Crippen molar-refractivity contribution in [2.45, 2.75) is 12.8 Å². The van der Waals surface area contributed by atoms with Crippen LogP contribution in [-0.2, 0) is 16.0 Å². The average Bonchev–Trinajstić information content (AvgIpc) is 2.85. The normalized spacial score (nSPS) is 10.3. The molecule has 0 aliphatic heterocycles. The van der Waals surface area contributed by atoms with E-state index in [1.165, 1.54) is 7.11 Å². The zero-order valence-electron chi connectivity index (χ0n) is 9.85. The molecule has 0 bridgehead atoms. The van der Waals surface area contributed by atoms with E-state index in [2.05, 4.69) is 9.89 Å². The van der Waals surface area contributed by atoms with Gasteiger partial charge in [-0.05, 0) is 12.1 Å². The van der Waals surface area contributed by atoms with Crippen molar-refractivity contribution in [1.29, 1.82) is 0 Å². The van der Waals surface area contributed by atoms with Gasteiger partial charge in [0.15, 0.2) is 0 Å². The maximum Gasteiger partial charge on any atom is 0.305 e. The molecule has 0 amide bonds. The van der Waals surface area contributed by atoms with Crippen LogP contribution in [0.5, 0.6) is 0 Å². The number of carbonyl (C=O) groups excluding carboxylic acids is 1. The Hall–Kier alpha value is -1.81. The zero-order valence-corrected chi connectivity index (χ0v) is 10.6. The molecule has 18 heavy (non-hydrogen) atoms. The van der Waals surface area contributed by atoms with Crippen LogP contribution in [0.2, 0.25) is 5.02 Å². The second kappa shape index (κ2) is 5.69. The summed E-state index contributed by atoms with van der Waals surface area (Å²) < 4.78 is 9.71. The van der Waals surface area contributed by atoms with Gasteiger partial charge in [-0.2, -0.15) is 0 Å². The fraction of sp³-hybridized carbons (Fsp3) is 0.231. The summed E-state index contributed by atoms with van der Waals surface area (Å²) in [4.78, 5) is 11.0. The van der Waals surface area contributed by atoms with E-state index in [4.69, 9.17) is 16.1 Å². The molecule has 0 aliphatic carbocycles. The van der Waals surface area contributed by atoms with E-state index in [0.717, 1.165) is 11.3 Å². The summed E-state index contributed by atoms with van der Waals surface area (Å²) in [6.45, 7) is 0. The number of rotatable bonds is 4. The van der Waals surface area contributed by atoms with Crippen molar-refractivity contribution in [3.8, 4) is 11.3 Å². The van der Waals surface area contributed by atoms with E-state index in [-0.39, 0.29) is 12.4 Å². The first-order valence-electron chi connectivity index (χ1n) is 5.47. The van der Waals surface area contributed by atoms with Crippen LogP contribution < -0.4 is 0 Å². The Balaban J connectivity index is 2.06. The molecule has 0 fully saturated rings. The molecule has 0 saturated carbocycles. The molecule has 1 aromatic heterocycles. The van der Waals surface area contributed by atoms with Crippen molar-refractivity contribution < 1.29 is 14.1 Å². The van der Waals surface area contributed by atoms with Crippen molar-refractivity contribution >= 4 is 17.6 Å². The van der Waals surface area contributed by atoms with Crippen LogP contribution in [0, 0.1) is 0 Å². The Bertz CT molecular complexity index is 533. The summed E-state index contributed by atoms with van der Waals surface area (Å²) in [5.41, 5.74) is 1.65. The van der Waals surface area contributed by atoms with Gasteiger partial charge in [-0.3, -0.25) is 4.79 Å². The minimum Gasteiger partial charge on any atom is -0.469 e. The van der Waals surface area contributed by atoms with Gasteiger partial charge in [0.05, 0.1) is 13.5 Å². The fourth-order valence-corrected chi connectivity index (χ4v) is 1.64. The number of aromatic nitrogens is 1. The smallest absolute Gasteiger partial charge is 0.305 e. The number of hydrogen-bond acceptors (Lipinski definition) is 4. The molecule has 0 unspecified atom stereocenters. The number of benzene rings is 1. The van der Waals surface area contributed by atoms with Crippen LogP contribution in [0.3, 0.4) is 0 Å². The molecule has 2 aromatic rings. The average molecular weight is 266 g/mol. The third-order valence-electron chi connectivity index (χ3n) is 2.50. The van der Waals surface area contributed by atoms with Gasteiger partial charge in [-0.1, -0.05) is 28.9 Å². The topological polar surface area (TPSA) is 52.3 Å². The first-order valence-corrected chi connectivity index (χ1v) is 5.85. The number of halogens is 1. The third-order valence-corrected chi connectivity index (χ3v) is 2.75. The Labute approximate surface area is 109 Å². The quantitative estimate of drug-likeness (QED) is 0.797. The van der Waals surface area contributed by atoms with Crippen molar-refractivity contribution in [3.63, 3.8) is 0 Å². The van der Waals surface area contributed by atoms with Gasteiger partial charge in [0, 0.05) is 23.1 Å². The van der Waals surface area contributed by atoms with Crippen LogP contribution in [0.1, 0.15) is 12.2 Å². The molecule has 1 heterocycles. The van der Waals surface area contributed by atoms with Crippen molar-refractivity contribution in [2.75, 3.05) is 7.11 Å². The Morgan fingerprint density at radius 2 is 2.11 bits per heavy atom. The second-order valence-corrected chi connectivity index (χ2v) is 4.20. The van der Waals surface area contributed by atoms with Crippen LogP contribution in [0.15, 0.2) is 34.9 Å². The summed E-state index contributed by atoms with van der Waals surface area (Å²) in [5.74, 6) is 0.393. The number of carbonyl (C=O) groups is 1. The Morgan fingerprint density at radius 1 is 1.39 bits per heavy atom. The Kier molecular flexibility index (Phi) is 3.99. The van der Waals surface area contributed by atoms with Crippen molar-refractivity contribution in [3.05, 3.63) is 41.1 Å². The number of nitrogens with zero attached hydrogens (tertiary/aromatic N) is 1. The molecule has 0 atom stereocenters. The molecule has 94 valence electrons. The molecule has 2 rings (SSSR count). The van der Waals surface area contributed by atoms with Crippen LogP contribution in [0.4, 0.5) is 0 Å². The van der Waals surface area contributed by atoms with Crippen LogP contribution >= 0.6 is 11.6 Å². The predicted molar refractivity (Wildman–Crippen MR) is 67.3 cm³/mol. The summed E-state index contributed by atoms with van der Waals surface area (Å²) in [5, 5.41) is 4.62. The van der Waals surface area contributed by atoms with E-state index in [9.17, 15) is 4.79 Å². The van der Waals surface area contributed by atoms with Gasteiger partial charge in [0.2, 0.25) is 0 Å². The van der Waals surface area contributed by atoms with Gasteiger partial charge in [-0.15, -0.1) is 0 Å². The zero-order chi connectivity index (χ0) is 13.0. The molecule has 0 saturated heterocycles. The molecule has 0 N–H and O–H groups in total. The lowest BCUT2D eigenvalue weighted by Crippen LogP contribution is -2.01. The number of ether oxygens (including phenoxy) is 1. The number of esters is 1. The molecular formula is C13H12ClNO3. The molecule has 5 heteroatoms. The van der Waals surface area contributed by atoms with Gasteiger partial charge < -0.3 is 9.26 Å². The predicted octanol–water partition coefficient (Wildman–Crippen LogP) is 3.10. The van der Waals surface area contributed by atoms with E-state index in [0.29, 0.717) is 17.2 Å². The third kappa shape index (κ3) is 3.11. The maximum absolute atomic E-state index is 11.0. The lowest BCUT2D eigenvalue weighted by Gasteiger charge is -1.95. The van der Waals surface area contributed by atoms with Crippen molar-refractivity contribution in [1.82, 2.24) is 5.16 Å². The molecule has 0 radical (unpaired) electrons. The van der Waals surface area contributed by atoms with Crippen LogP contribution in [-0.4, -0.2) is 18.2 Å². The number of methoxy groups -OCH3 is 1. The Morgan fingerprint density at radius 3 is 2.78 bits per heavy atom. The monoisotopic (exact) mass is 265 g/mol. The highest BCUT2D eigenvalue weighted by Gasteiger charge is 2.08. The summed E-state index contributed by atoms with van der Waals surface area (Å²) in [7, 11) is 1.36. The van der Waals surface area contributed by atoms with E-state index >= 15 is 0 Å². The van der Waals surface area contributed by atoms with E-state index in [1.54, 1.807) is 12.1 Å². The van der Waals surface area contributed by atoms with Crippen molar-refractivity contribution in [2.24, 2.45) is 0 Å². The molecule has 0 spiro atoms. The first-order chi connectivity index (χ1) is 8.69. The van der Waals surface area contributed by atoms with Gasteiger partial charge >= 0.3 is 5.97 Å². The lowest BCUT2D eigenvalue weighted by atomic mass is 10.1. The van der Waals surface area contributed by atoms with Gasteiger partial charge in [-0.25, -0.2) is 0 Å². The SMILES string of the molecule is COC(=O)CCc1cc(-c2ccc(Cl)cc2)no1. The maximum atomic E-state index is 11.0. The van der Waals surface area contributed by atoms with Gasteiger partial charge in [0.25, 0.3) is 0 Å². The first kappa shape index (κ1) is 12.6. The number of aryl methyl sites for hydroxylation is 1. The highest BCUT2D eigenvalue weighted by Crippen LogP contribution is 2.21. The molecule has 1 aromatic carbocycles. The number of hydrogen-bond donors (Lipinski definition) is 0. The van der Waals surface area contributed by atoms with E-state index in [1.807, 2.05) is 18.2 Å². The second-order valence-electron chi connectivity index (χ2n) is 3.76. The summed E-state index contributed by atoms with van der Waals surface area (Å²) in [6.07, 6.45) is 0.763. The molecular weight excluding hydrogens is 254 g/mol. The molecule has 0 aliphatic rings. The van der Waals surface area contributed by atoms with Gasteiger partial charge in [0.1, 0.15) is 11.5 Å².